The third-order valence-electron chi connectivity index (χ3n) is 3.52. The molecular weight excluding hydrogens is 314 g/mol. The van der Waals surface area contributed by atoms with Gasteiger partial charge in [-0.3, -0.25) is 4.79 Å². The molecule has 1 aromatic carbocycles. The molecule has 1 heterocycles. The number of alkyl halides is 1. The van der Waals surface area contributed by atoms with Crippen LogP contribution in [0.2, 0.25) is 0 Å². The molecule has 1 amide bonds. The van der Waals surface area contributed by atoms with E-state index in [-0.39, 0.29) is 5.91 Å². The molecule has 1 aliphatic rings. The van der Waals surface area contributed by atoms with Gasteiger partial charge in [-0.15, -0.1) is 11.6 Å². The lowest BCUT2D eigenvalue weighted by atomic mass is 10.1. The Morgan fingerprint density at radius 2 is 2.33 bits per heavy atom. The number of benzene rings is 1. The highest BCUT2D eigenvalue weighted by Crippen LogP contribution is 2.24. The lowest BCUT2D eigenvalue weighted by Gasteiger charge is -2.18. The van der Waals surface area contributed by atoms with Crippen molar-refractivity contribution in [2.75, 3.05) is 19.0 Å². The van der Waals surface area contributed by atoms with Gasteiger partial charge in [-0.2, -0.15) is 0 Å². The van der Waals surface area contributed by atoms with Crippen LogP contribution in [0, 0.1) is 12.8 Å². The number of amides is 1. The third kappa shape index (κ3) is 3.07. The number of carbonyl (C=O) groups excluding carboxylic acids is 1. The molecule has 1 atom stereocenters. The summed E-state index contributed by atoms with van der Waals surface area (Å²) < 4.78 is 0.952. The second-order valence-electron chi connectivity index (χ2n) is 4.84. The maximum absolute atomic E-state index is 12.4. The minimum absolute atomic E-state index is 0.144. The van der Waals surface area contributed by atoms with Crippen LogP contribution in [0.5, 0.6) is 0 Å². The van der Waals surface area contributed by atoms with E-state index in [1.807, 2.05) is 30.0 Å². The van der Waals surface area contributed by atoms with Crippen LogP contribution in [0.25, 0.3) is 0 Å². The molecule has 0 spiro atoms. The summed E-state index contributed by atoms with van der Waals surface area (Å²) in [7, 11) is 0. The molecule has 1 aromatic rings. The summed E-state index contributed by atoms with van der Waals surface area (Å²) in [5, 5.41) is 0. The number of hydrogen-bond donors (Lipinski definition) is 0. The summed E-state index contributed by atoms with van der Waals surface area (Å²) in [5.74, 6) is 1.40. The standard InChI is InChI=1S/C14H17BrClNO/c1-10-2-3-12(15)8-13(10)14(18)17-7-5-11(9-17)4-6-16/h2-3,8,11H,4-7,9H2,1H3. The first-order valence-electron chi connectivity index (χ1n) is 6.23. The molecule has 0 bridgehead atoms. The average Bonchev–Trinajstić information content (AvgIpc) is 2.80. The summed E-state index contributed by atoms with van der Waals surface area (Å²) in [6, 6.07) is 5.85. The van der Waals surface area contributed by atoms with E-state index in [0.29, 0.717) is 11.8 Å². The van der Waals surface area contributed by atoms with Gasteiger partial charge in [0.15, 0.2) is 0 Å². The van der Waals surface area contributed by atoms with Crippen molar-refractivity contribution in [2.24, 2.45) is 5.92 Å². The fourth-order valence-electron chi connectivity index (χ4n) is 2.40. The van der Waals surface area contributed by atoms with Gasteiger partial charge in [0.2, 0.25) is 0 Å². The van der Waals surface area contributed by atoms with Crippen LogP contribution in [0.3, 0.4) is 0 Å². The Kier molecular flexibility index (Phi) is 4.68. The quantitative estimate of drug-likeness (QED) is 0.771. The third-order valence-corrected chi connectivity index (χ3v) is 4.23. The SMILES string of the molecule is Cc1ccc(Br)cc1C(=O)N1CCC(CCCl)C1. The summed E-state index contributed by atoms with van der Waals surface area (Å²) in [4.78, 5) is 14.4. The van der Waals surface area contributed by atoms with E-state index in [9.17, 15) is 4.79 Å². The lowest BCUT2D eigenvalue weighted by molar-refractivity contribution is 0.0786. The van der Waals surface area contributed by atoms with Crippen LogP contribution in [-0.2, 0) is 0 Å². The van der Waals surface area contributed by atoms with E-state index in [1.165, 1.54) is 0 Å². The number of nitrogens with zero attached hydrogens (tertiary/aromatic N) is 1. The van der Waals surface area contributed by atoms with Gasteiger partial charge in [-0.05, 0) is 43.4 Å². The Hall–Kier alpha value is -0.540. The molecule has 0 N–H and O–H groups in total. The Balaban J connectivity index is 2.10. The summed E-state index contributed by atoms with van der Waals surface area (Å²) in [6.45, 7) is 3.68. The predicted octanol–water partition coefficient (Wildman–Crippen LogP) is 3.85. The van der Waals surface area contributed by atoms with Crippen LogP contribution in [0.15, 0.2) is 22.7 Å². The Morgan fingerprint density at radius 3 is 3.06 bits per heavy atom. The van der Waals surface area contributed by atoms with Crippen molar-refractivity contribution in [3.8, 4) is 0 Å². The molecule has 0 aliphatic carbocycles. The topological polar surface area (TPSA) is 20.3 Å². The number of carbonyl (C=O) groups is 1. The fourth-order valence-corrected chi connectivity index (χ4v) is 3.07. The molecule has 0 saturated carbocycles. The first-order valence-corrected chi connectivity index (χ1v) is 7.56. The highest BCUT2D eigenvalue weighted by atomic mass is 79.9. The predicted molar refractivity (Wildman–Crippen MR) is 78.2 cm³/mol. The number of likely N-dealkylation sites (tertiary alicyclic amines) is 1. The maximum atomic E-state index is 12.4. The molecule has 1 aliphatic heterocycles. The summed E-state index contributed by atoms with van der Waals surface area (Å²) in [5.41, 5.74) is 1.83. The zero-order valence-corrected chi connectivity index (χ0v) is 12.8. The summed E-state index contributed by atoms with van der Waals surface area (Å²) >= 11 is 9.18. The highest BCUT2D eigenvalue weighted by molar-refractivity contribution is 9.10. The molecule has 1 saturated heterocycles. The highest BCUT2D eigenvalue weighted by Gasteiger charge is 2.27. The van der Waals surface area contributed by atoms with Crippen molar-refractivity contribution >= 4 is 33.4 Å². The molecule has 2 nitrogen and oxygen atoms in total. The molecule has 4 heteroatoms. The molecule has 0 radical (unpaired) electrons. The molecular formula is C14H17BrClNO. The van der Waals surface area contributed by atoms with Gasteiger partial charge < -0.3 is 4.90 Å². The van der Waals surface area contributed by atoms with E-state index in [1.54, 1.807) is 0 Å². The zero-order chi connectivity index (χ0) is 13.1. The van der Waals surface area contributed by atoms with Crippen LogP contribution >= 0.6 is 27.5 Å². The van der Waals surface area contributed by atoms with Crippen LogP contribution in [-0.4, -0.2) is 29.8 Å². The average molecular weight is 331 g/mol. The van der Waals surface area contributed by atoms with E-state index >= 15 is 0 Å². The first kappa shape index (κ1) is 13.9. The summed E-state index contributed by atoms with van der Waals surface area (Å²) in [6.07, 6.45) is 2.08. The van der Waals surface area contributed by atoms with Crippen molar-refractivity contribution in [1.29, 1.82) is 0 Å². The van der Waals surface area contributed by atoms with Crippen LogP contribution in [0.4, 0.5) is 0 Å². The molecule has 1 unspecified atom stereocenters. The van der Waals surface area contributed by atoms with Crippen molar-refractivity contribution in [3.05, 3.63) is 33.8 Å². The van der Waals surface area contributed by atoms with Gasteiger partial charge in [0.1, 0.15) is 0 Å². The van der Waals surface area contributed by atoms with Crippen molar-refractivity contribution in [2.45, 2.75) is 19.8 Å². The first-order chi connectivity index (χ1) is 8.61. The smallest absolute Gasteiger partial charge is 0.254 e. The van der Waals surface area contributed by atoms with E-state index in [4.69, 9.17) is 11.6 Å². The van der Waals surface area contributed by atoms with Gasteiger partial charge in [-0.25, -0.2) is 0 Å². The monoisotopic (exact) mass is 329 g/mol. The number of aryl methyl sites for hydroxylation is 1. The van der Waals surface area contributed by atoms with Crippen LogP contribution < -0.4 is 0 Å². The number of rotatable bonds is 3. The Morgan fingerprint density at radius 1 is 1.56 bits per heavy atom. The molecule has 98 valence electrons. The van der Waals surface area contributed by atoms with Crippen LogP contribution in [0.1, 0.15) is 28.8 Å². The van der Waals surface area contributed by atoms with Crippen molar-refractivity contribution in [1.82, 2.24) is 4.90 Å². The maximum Gasteiger partial charge on any atom is 0.254 e. The van der Waals surface area contributed by atoms with E-state index in [2.05, 4.69) is 15.9 Å². The van der Waals surface area contributed by atoms with Gasteiger partial charge >= 0.3 is 0 Å². The fraction of sp³-hybridized carbons (Fsp3) is 0.500. The van der Waals surface area contributed by atoms with Gasteiger partial charge in [0, 0.05) is 29.0 Å². The van der Waals surface area contributed by atoms with Crippen molar-refractivity contribution in [3.63, 3.8) is 0 Å². The van der Waals surface area contributed by atoms with E-state index < -0.39 is 0 Å². The molecule has 2 rings (SSSR count). The van der Waals surface area contributed by atoms with Crippen molar-refractivity contribution < 1.29 is 4.79 Å². The van der Waals surface area contributed by atoms with Gasteiger partial charge in [0.25, 0.3) is 5.91 Å². The second-order valence-corrected chi connectivity index (χ2v) is 6.14. The second kappa shape index (κ2) is 6.07. The number of halogens is 2. The zero-order valence-electron chi connectivity index (χ0n) is 10.5. The minimum Gasteiger partial charge on any atom is -0.338 e. The Bertz CT molecular complexity index is 449. The molecule has 1 fully saturated rings. The van der Waals surface area contributed by atoms with E-state index in [0.717, 1.165) is 41.5 Å². The van der Waals surface area contributed by atoms with Gasteiger partial charge in [0.05, 0.1) is 0 Å². The molecule has 18 heavy (non-hydrogen) atoms. The Labute approximate surface area is 121 Å². The normalized spacial score (nSPS) is 19.3. The van der Waals surface area contributed by atoms with Gasteiger partial charge in [-0.1, -0.05) is 22.0 Å². The largest absolute Gasteiger partial charge is 0.338 e. The molecule has 0 aromatic heterocycles. The minimum atomic E-state index is 0.144. The number of hydrogen-bond acceptors (Lipinski definition) is 1. The lowest BCUT2D eigenvalue weighted by Crippen LogP contribution is -2.29.